The molecule has 0 unspecified atom stereocenters. The number of aryl methyl sites for hydroxylation is 1. The Morgan fingerprint density at radius 3 is 2.82 bits per heavy atom. The molecule has 2 aliphatic heterocycles. The first-order valence-electron chi connectivity index (χ1n) is 9.89. The summed E-state index contributed by atoms with van der Waals surface area (Å²) in [6.45, 7) is 4.69. The molecule has 4 rings (SSSR count). The number of piperidine rings is 1. The number of carbonyl (C=O) groups excluding carboxylic acids is 2. The molecule has 0 radical (unpaired) electrons. The molecule has 1 atom stereocenters. The molecule has 0 aromatic carbocycles. The van der Waals surface area contributed by atoms with Crippen LogP contribution >= 0.6 is 0 Å². The molecule has 2 aliphatic rings. The second-order valence-corrected chi connectivity index (χ2v) is 7.49. The maximum atomic E-state index is 12.7. The van der Waals surface area contributed by atoms with Crippen molar-refractivity contribution in [3.05, 3.63) is 47.2 Å². The van der Waals surface area contributed by atoms with Crippen molar-refractivity contribution in [3.63, 3.8) is 0 Å². The maximum absolute atomic E-state index is 12.7. The van der Waals surface area contributed by atoms with Crippen molar-refractivity contribution in [1.82, 2.24) is 19.9 Å². The zero-order valence-electron chi connectivity index (χ0n) is 16.4. The summed E-state index contributed by atoms with van der Waals surface area (Å²) in [5.74, 6) is 1.42. The SMILES string of the molecule is CC(=O)N1CCCC[C@@H]1c1nc(C)c2c(n1)N(Cc1ccccn1)C(=O)CC2. The standard InChI is InChI=1S/C21H25N5O2/c1-14-17-9-10-19(28)26(13-16-7-3-5-11-22-16)21(17)24-20(23-14)18-8-4-6-12-25(18)15(2)27/h3,5,7,11,18H,4,6,8-10,12-13H2,1-2H3/t18-/m1/s1. The predicted octanol–water partition coefficient (Wildman–Crippen LogP) is 2.73. The summed E-state index contributed by atoms with van der Waals surface area (Å²) >= 11 is 0. The van der Waals surface area contributed by atoms with Gasteiger partial charge in [-0.2, -0.15) is 0 Å². The normalized spacial score (nSPS) is 19.5. The summed E-state index contributed by atoms with van der Waals surface area (Å²) in [6, 6.07) is 5.57. The van der Waals surface area contributed by atoms with Gasteiger partial charge in [-0.3, -0.25) is 19.5 Å². The Labute approximate surface area is 164 Å². The van der Waals surface area contributed by atoms with Crippen LogP contribution in [0, 0.1) is 6.92 Å². The Kier molecular flexibility index (Phi) is 5.07. The van der Waals surface area contributed by atoms with Gasteiger partial charge in [-0.15, -0.1) is 0 Å². The number of amides is 2. The Balaban J connectivity index is 1.73. The monoisotopic (exact) mass is 379 g/mol. The van der Waals surface area contributed by atoms with Crippen LogP contribution in [0.25, 0.3) is 0 Å². The maximum Gasteiger partial charge on any atom is 0.228 e. The van der Waals surface area contributed by atoms with Crippen molar-refractivity contribution in [3.8, 4) is 0 Å². The van der Waals surface area contributed by atoms with Gasteiger partial charge < -0.3 is 4.90 Å². The predicted molar refractivity (Wildman–Crippen MR) is 104 cm³/mol. The average Bonchev–Trinajstić information content (AvgIpc) is 2.71. The Hall–Kier alpha value is -2.83. The van der Waals surface area contributed by atoms with Crippen molar-refractivity contribution in [2.75, 3.05) is 11.4 Å². The van der Waals surface area contributed by atoms with Gasteiger partial charge in [-0.1, -0.05) is 6.07 Å². The van der Waals surface area contributed by atoms with Crippen molar-refractivity contribution < 1.29 is 9.59 Å². The molecule has 28 heavy (non-hydrogen) atoms. The van der Waals surface area contributed by atoms with Crippen LogP contribution in [0.2, 0.25) is 0 Å². The van der Waals surface area contributed by atoms with Gasteiger partial charge >= 0.3 is 0 Å². The van der Waals surface area contributed by atoms with Crippen molar-refractivity contribution in [1.29, 1.82) is 0 Å². The Bertz CT molecular complexity index is 899. The summed E-state index contributed by atoms with van der Waals surface area (Å²) in [5, 5.41) is 0. The lowest BCUT2D eigenvalue weighted by Crippen LogP contribution is -2.40. The molecule has 7 heteroatoms. The second kappa shape index (κ2) is 7.66. The van der Waals surface area contributed by atoms with Crippen LogP contribution in [0.15, 0.2) is 24.4 Å². The van der Waals surface area contributed by atoms with E-state index in [1.54, 1.807) is 18.0 Å². The van der Waals surface area contributed by atoms with E-state index in [9.17, 15) is 9.59 Å². The number of hydrogen-bond donors (Lipinski definition) is 0. The number of hydrogen-bond acceptors (Lipinski definition) is 5. The van der Waals surface area contributed by atoms with Gasteiger partial charge in [0.25, 0.3) is 0 Å². The number of aromatic nitrogens is 3. The number of rotatable bonds is 3. The fraction of sp³-hybridized carbons (Fsp3) is 0.476. The van der Waals surface area contributed by atoms with Crippen LogP contribution in [0.3, 0.4) is 0 Å². The first kappa shape index (κ1) is 18.5. The van der Waals surface area contributed by atoms with E-state index in [-0.39, 0.29) is 17.9 Å². The molecule has 0 aliphatic carbocycles. The molecule has 2 aromatic rings. The van der Waals surface area contributed by atoms with Gasteiger partial charge in [-0.05, 0) is 44.7 Å². The minimum absolute atomic E-state index is 0.0464. The highest BCUT2D eigenvalue weighted by molar-refractivity contribution is 5.95. The lowest BCUT2D eigenvalue weighted by atomic mass is 9.99. The van der Waals surface area contributed by atoms with Crippen LogP contribution in [-0.4, -0.2) is 38.2 Å². The van der Waals surface area contributed by atoms with Crippen LogP contribution in [0.1, 0.15) is 61.4 Å². The minimum atomic E-state index is -0.121. The first-order chi connectivity index (χ1) is 13.5. The molecule has 1 fully saturated rings. The Morgan fingerprint density at radius 1 is 1.21 bits per heavy atom. The summed E-state index contributed by atoms with van der Waals surface area (Å²) in [6.07, 6.45) is 5.74. The highest BCUT2D eigenvalue weighted by Crippen LogP contribution is 2.34. The zero-order valence-corrected chi connectivity index (χ0v) is 16.4. The molecule has 0 saturated carbocycles. The quantitative estimate of drug-likeness (QED) is 0.819. The van der Waals surface area contributed by atoms with E-state index in [0.717, 1.165) is 42.8 Å². The van der Waals surface area contributed by atoms with Crippen molar-refractivity contribution in [2.45, 2.75) is 58.5 Å². The van der Waals surface area contributed by atoms with Crippen LogP contribution in [0.4, 0.5) is 5.82 Å². The van der Waals surface area contributed by atoms with E-state index in [2.05, 4.69) is 4.98 Å². The third-order valence-electron chi connectivity index (χ3n) is 5.61. The van der Waals surface area contributed by atoms with Gasteiger partial charge in [0.05, 0.1) is 18.3 Å². The highest BCUT2D eigenvalue weighted by atomic mass is 16.2. The summed E-state index contributed by atoms with van der Waals surface area (Å²) in [7, 11) is 0. The first-order valence-corrected chi connectivity index (χ1v) is 9.89. The molecular formula is C21H25N5O2. The molecular weight excluding hydrogens is 354 g/mol. The third-order valence-corrected chi connectivity index (χ3v) is 5.61. The van der Waals surface area contributed by atoms with Gasteiger partial charge in [0, 0.05) is 37.3 Å². The lowest BCUT2D eigenvalue weighted by Gasteiger charge is -2.35. The molecule has 0 N–H and O–H groups in total. The second-order valence-electron chi connectivity index (χ2n) is 7.49. The molecule has 0 bridgehead atoms. The zero-order chi connectivity index (χ0) is 19.7. The number of likely N-dealkylation sites (tertiary alicyclic amines) is 1. The van der Waals surface area contributed by atoms with Gasteiger partial charge in [0.1, 0.15) is 5.82 Å². The number of nitrogens with zero attached hydrogens (tertiary/aromatic N) is 5. The van der Waals surface area contributed by atoms with Crippen molar-refractivity contribution in [2.24, 2.45) is 0 Å². The number of pyridine rings is 1. The molecule has 0 spiro atoms. The van der Waals surface area contributed by atoms with Crippen molar-refractivity contribution >= 4 is 17.6 Å². The smallest absolute Gasteiger partial charge is 0.228 e. The number of fused-ring (bicyclic) bond motifs is 1. The Morgan fingerprint density at radius 2 is 2.07 bits per heavy atom. The van der Waals surface area contributed by atoms with Gasteiger partial charge in [-0.25, -0.2) is 9.97 Å². The summed E-state index contributed by atoms with van der Waals surface area (Å²) < 4.78 is 0. The van der Waals surface area contributed by atoms with E-state index >= 15 is 0 Å². The van der Waals surface area contributed by atoms with E-state index in [0.29, 0.717) is 31.0 Å². The van der Waals surface area contributed by atoms with Gasteiger partial charge in [0.2, 0.25) is 11.8 Å². The van der Waals surface area contributed by atoms with Crippen LogP contribution in [-0.2, 0) is 22.6 Å². The van der Waals surface area contributed by atoms with E-state index in [4.69, 9.17) is 9.97 Å². The van der Waals surface area contributed by atoms with E-state index in [1.807, 2.05) is 30.0 Å². The molecule has 7 nitrogen and oxygen atoms in total. The van der Waals surface area contributed by atoms with E-state index < -0.39 is 0 Å². The summed E-state index contributed by atoms with van der Waals surface area (Å²) in [4.78, 5) is 42.3. The van der Waals surface area contributed by atoms with E-state index in [1.165, 1.54) is 0 Å². The lowest BCUT2D eigenvalue weighted by molar-refractivity contribution is -0.132. The molecule has 2 aromatic heterocycles. The van der Waals surface area contributed by atoms with Crippen LogP contribution in [0.5, 0.6) is 0 Å². The molecule has 146 valence electrons. The van der Waals surface area contributed by atoms with Crippen LogP contribution < -0.4 is 4.90 Å². The van der Waals surface area contributed by atoms with Gasteiger partial charge in [0.15, 0.2) is 5.82 Å². The fourth-order valence-corrected chi connectivity index (χ4v) is 4.15. The largest absolute Gasteiger partial charge is 0.333 e. The minimum Gasteiger partial charge on any atom is -0.333 e. The molecule has 1 saturated heterocycles. The number of anilines is 1. The third kappa shape index (κ3) is 3.48. The highest BCUT2D eigenvalue weighted by Gasteiger charge is 2.33. The molecule has 2 amide bonds. The number of carbonyl (C=O) groups is 2. The fourth-order valence-electron chi connectivity index (χ4n) is 4.15. The average molecular weight is 379 g/mol. The molecule has 4 heterocycles. The topological polar surface area (TPSA) is 79.3 Å². The summed E-state index contributed by atoms with van der Waals surface area (Å²) in [5.41, 5.74) is 2.74.